The summed E-state index contributed by atoms with van der Waals surface area (Å²) in [6.07, 6.45) is -2.66. The topological polar surface area (TPSA) is 49.3 Å². The van der Waals surface area contributed by atoms with Gasteiger partial charge >= 0.3 is 12.1 Å². The van der Waals surface area contributed by atoms with Crippen molar-refractivity contribution in [1.29, 1.82) is 0 Å². The number of hydrogen-bond acceptors (Lipinski definition) is 2. The molecule has 6 heteroatoms. The smallest absolute Gasteiger partial charge is 0.391 e. The quantitative estimate of drug-likeness (QED) is 0.893. The highest BCUT2D eigenvalue weighted by atomic mass is 19.4. The Hall–Kier alpha value is -1.56. The molecule has 0 bridgehead atoms. The molecule has 0 aliphatic heterocycles. The summed E-state index contributed by atoms with van der Waals surface area (Å²) in [4.78, 5) is 10.7. The highest BCUT2D eigenvalue weighted by molar-refractivity contribution is 5.87. The zero-order chi connectivity index (χ0) is 15.5. The van der Waals surface area contributed by atoms with Gasteiger partial charge in [-0.3, -0.25) is 0 Å². The molecule has 0 saturated heterocycles. The molecule has 0 heterocycles. The van der Waals surface area contributed by atoms with E-state index in [-0.39, 0.29) is 24.4 Å². The van der Waals surface area contributed by atoms with Crippen molar-refractivity contribution in [2.24, 2.45) is 5.92 Å². The molecule has 1 aromatic carbocycles. The van der Waals surface area contributed by atoms with E-state index in [1.165, 1.54) is 12.1 Å². The van der Waals surface area contributed by atoms with Crippen LogP contribution >= 0.6 is 0 Å². The predicted molar refractivity (Wildman–Crippen MR) is 72.0 cm³/mol. The number of nitrogens with one attached hydrogen (secondary N) is 1. The van der Waals surface area contributed by atoms with Crippen molar-refractivity contribution >= 4 is 5.97 Å². The van der Waals surface area contributed by atoms with Crippen LogP contribution in [0.4, 0.5) is 13.2 Å². The molecule has 1 aliphatic rings. The summed E-state index contributed by atoms with van der Waals surface area (Å²) in [6.45, 7) is 0.543. The molecule has 0 unspecified atom stereocenters. The van der Waals surface area contributed by atoms with Gasteiger partial charge in [0, 0.05) is 12.6 Å². The molecule has 0 radical (unpaired) electrons. The van der Waals surface area contributed by atoms with Crippen molar-refractivity contribution in [2.45, 2.75) is 44.4 Å². The standard InChI is InChI=1S/C15H18F3NO2/c16-15(17,18)12-5-7-13(8-6-12)19-9-10-1-3-11(4-2-10)14(20)21/h1-4,12-13,19H,5-9H2,(H,20,21). The number of carboxylic acid groups (broad SMARTS) is 1. The fraction of sp³-hybridized carbons (Fsp3) is 0.533. The molecule has 116 valence electrons. The van der Waals surface area contributed by atoms with E-state index >= 15 is 0 Å². The summed E-state index contributed by atoms with van der Waals surface area (Å²) in [5.74, 6) is -2.13. The molecule has 0 spiro atoms. The third kappa shape index (κ3) is 4.46. The van der Waals surface area contributed by atoms with Crippen LogP contribution in [0.3, 0.4) is 0 Å². The second-order valence-corrected chi connectivity index (χ2v) is 5.47. The van der Waals surface area contributed by atoms with Crippen molar-refractivity contribution in [3.05, 3.63) is 35.4 Å². The van der Waals surface area contributed by atoms with Gasteiger partial charge in [0.2, 0.25) is 0 Å². The monoisotopic (exact) mass is 301 g/mol. The Morgan fingerprint density at radius 3 is 2.19 bits per heavy atom. The highest BCUT2D eigenvalue weighted by Gasteiger charge is 2.41. The second kappa shape index (κ2) is 6.47. The molecule has 0 aromatic heterocycles. The van der Waals surface area contributed by atoms with Crippen LogP contribution in [-0.2, 0) is 6.54 Å². The van der Waals surface area contributed by atoms with Gasteiger partial charge in [-0.2, -0.15) is 13.2 Å². The van der Waals surface area contributed by atoms with E-state index in [4.69, 9.17) is 5.11 Å². The van der Waals surface area contributed by atoms with Gasteiger partial charge in [-0.1, -0.05) is 12.1 Å². The van der Waals surface area contributed by atoms with Gasteiger partial charge in [0.1, 0.15) is 0 Å². The van der Waals surface area contributed by atoms with Gasteiger partial charge in [-0.15, -0.1) is 0 Å². The zero-order valence-corrected chi connectivity index (χ0v) is 11.5. The van der Waals surface area contributed by atoms with Crippen LogP contribution in [-0.4, -0.2) is 23.3 Å². The van der Waals surface area contributed by atoms with Crippen molar-refractivity contribution in [3.8, 4) is 0 Å². The van der Waals surface area contributed by atoms with Crippen molar-refractivity contribution in [2.75, 3.05) is 0 Å². The number of hydrogen-bond donors (Lipinski definition) is 2. The number of aromatic carboxylic acids is 1. The van der Waals surface area contributed by atoms with Crippen LogP contribution in [0, 0.1) is 5.92 Å². The van der Waals surface area contributed by atoms with E-state index in [2.05, 4.69) is 5.32 Å². The number of halogens is 3. The molecule has 0 atom stereocenters. The molecule has 21 heavy (non-hydrogen) atoms. The first-order chi connectivity index (χ1) is 9.86. The molecule has 1 fully saturated rings. The maximum atomic E-state index is 12.6. The summed E-state index contributed by atoms with van der Waals surface area (Å²) >= 11 is 0. The van der Waals surface area contributed by atoms with Crippen LogP contribution in [0.1, 0.15) is 41.6 Å². The van der Waals surface area contributed by atoms with E-state index in [9.17, 15) is 18.0 Å². The summed E-state index contributed by atoms with van der Waals surface area (Å²) in [5, 5.41) is 12.0. The maximum absolute atomic E-state index is 12.6. The van der Waals surface area contributed by atoms with E-state index in [0.29, 0.717) is 19.4 Å². The molecule has 1 aliphatic carbocycles. The second-order valence-electron chi connectivity index (χ2n) is 5.47. The van der Waals surface area contributed by atoms with Crippen LogP contribution in [0.5, 0.6) is 0 Å². The van der Waals surface area contributed by atoms with Crippen molar-refractivity contribution < 1.29 is 23.1 Å². The van der Waals surface area contributed by atoms with Gasteiger partial charge < -0.3 is 10.4 Å². The van der Waals surface area contributed by atoms with E-state index in [0.717, 1.165) is 5.56 Å². The van der Waals surface area contributed by atoms with Gasteiger partial charge in [0.05, 0.1) is 11.5 Å². The molecule has 1 saturated carbocycles. The minimum atomic E-state index is -4.07. The van der Waals surface area contributed by atoms with Crippen LogP contribution in [0.25, 0.3) is 0 Å². The minimum absolute atomic E-state index is 0.0998. The van der Waals surface area contributed by atoms with E-state index in [1.807, 2.05) is 0 Å². The average Bonchev–Trinajstić information content (AvgIpc) is 2.45. The van der Waals surface area contributed by atoms with E-state index in [1.54, 1.807) is 12.1 Å². The van der Waals surface area contributed by atoms with Gasteiger partial charge in [-0.05, 0) is 43.4 Å². The molecule has 2 N–H and O–H groups in total. The van der Waals surface area contributed by atoms with Crippen molar-refractivity contribution in [3.63, 3.8) is 0 Å². The summed E-state index contributed by atoms with van der Waals surface area (Å²) in [6, 6.07) is 6.60. The Morgan fingerprint density at radius 2 is 1.71 bits per heavy atom. The minimum Gasteiger partial charge on any atom is -0.478 e. The van der Waals surface area contributed by atoms with Crippen molar-refractivity contribution in [1.82, 2.24) is 5.32 Å². The lowest BCUT2D eigenvalue weighted by atomic mass is 9.85. The molecule has 0 amide bonds. The first-order valence-electron chi connectivity index (χ1n) is 6.98. The number of carbonyl (C=O) groups is 1. The number of rotatable bonds is 4. The largest absolute Gasteiger partial charge is 0.478 e. The third-order valence-electron chi connectivity index (χ3n) is 3.99. The first kappa shape index (κ1) is 15.8. The number of alkyl halides is 3. The van der Waals surface area contributed by atoms with E-state index < -0.39 is 18.1 Å². The molecule has 1 aromatic rings. The van der Waals surface area contributed by atoms with Gasteiger partial charge in [0.25, 0.3) is 0 Å². The van der Waals surface area contributed by atoms with Crippen LogP contribution in [0.15, 0.2) is 24.3 Å². The summed E-state index contributed by atoms with van der Waals surface area (Å²) < 4.78 is 37.7. The molecular weight excluding hydrogens is 283 g/mol. The normalized spacial score (nSPS) is 23.0. The Kier molecular flexibility index (Phi) is 4.88. The lowest BCUT2D eigenvalue weighted by Gasteiger charge is -2.30. The summed E-state index contributed by atoms with van der Waals surface area (Å²) in [5.41, 5.74) is 1.15. The van der Waals surface area contributed by atoms with Gasteiger partial charge in [-0.25, -0.2) is 4.79 Å². The lowest BCUT2D eigenvalue weighted by molar-refractivity contribution is -0.182. The Morgan fingerprint density at radius 1 is 1.14 bits per heavy atom. The van der Waals surface area contributed by atoms with Crippen LogP contribution < -0.4 is 5.32 Å². The van der Waals surface area contributed by atoms with Crippen LogP contribution in [0.2, 0.25) is 0 Å². The molecular formula is C15H18F3NO2. The number of benzene rings is 1. The predicted octanol–water partition coefficient (Wildman–Crippen LogP) is 3.60. The fourth-order valence-corrected chi connectivity index (χ4v) is 2.65. The average molecular weight is 301 g/mol. The first-order valence-corrected chi connectivity index (χ1v) is 6.98. The Bertz CT molecular complexity index is 477. The maximum Gasteiger partial charge on any atom is 0.391 e. The van der Waals surface area contributed by atoms with Gasteiger partial charge in [0.15, 0.2) is 0 Å². The fourth-order valence-electron chi connectivity index (χ4n) is 2.65. The highest BCUT2D eigenvalue weighted by Crippen LogP contribution is 2.37. The lowest BCUT2D eigenvalue weighted by Crippen LogP contribution is -2.36. The number of carboxylic acids is 1. The SMILES string of the molecule is O=C(O)c1ccc(CNC2CCC(C(F)(F)F)CC2)cc1. The Balaban J connectivity index is 1.78. The molecule has 2 rings (SSSR count). The third-order valence-corrected chi connectivity index (χ3v) is 3.99. The molecule has 3 nitrogen and oxygen atoms in total. The zero-order valence-electron chi connectivity index (χ0n) is 11.5. The Labute approximate surface area is 121 Å². The summed E-state index contributed by atoms with van der Waals surface area (Å²) in [7, 11) is 0.